The van der Waals surface area contributed by atoms with Crippen LogP contribution in [-0.4, -0.2) is 25.9 Å². The molecule has 0 amide bonds. The second-order valence-corrected chi connectivity index (χ2v) is 4.78. The van der Waals surface area contributed by atoms with Gasteiger partial charge < -0.3 is 19.9 Å². The van der Waals surface area contributed by atoms with E-state index >= 15 is 0 Å². The standard InChI is InChI=1S/C17H21NO3/c1-20-12-13-3-5-14(6-4-13)17(11-19)18-15-7-9-16(21-2)10-8-15/h3-10,17-19H,11-12H2,1-2H3. The molecule has 0 spiro atoms. The van der Waals surface area contributed by atoms with Gasteiger partial charge in [-0.25, -0.2) is 0 Å². The first-order valence-electron chi connectivity index (χ1n) is 6.86. The summed E-state index contributed by atoms with van der Waals surface area (Å²) in [6.45, 7) is 0.617. The van der Waals surface area contributed by atoms with E-state index < -0.39 is 0 Å². The fourth-order valence-electron chi connectivity index (χ4n) is 2.14. The molecule has 0 aromatic heterocycles. The average molecular weight is 287 g/mol. The molecule has 0 aliphatic heterocycles. The first-order chi connectivity index (χ1) is 10.3. The van der Waals surface area contributed by atoms with Gasteiger partial charge in [0.15, 0.2) is 0 Å². The second-order valence-electron chi connectivity index (χ2n) is 4.78. The number of benzene rings is 2. The topological polar surface area (TPSA) is 50.7 Å². The quantitative estimate of drug-likeness (QED) is 0.822. The Morgan fingerprint density at radius 1 is 1.00 bits per heavy atom. The lowest BCUT2D eigenvalue weighted by Gasteiger charge is -2.18. The van der Waals surface area contributed by atoms with E-state index in [1.807, 2.05) is 48.5 Å². The molecule has 0 radical (unpaired) electrons. The number of aliphatic hydroxyl groups excluding tert-OH is 1. The summed E-state index contributed by atoms with van der Waals surface area (Å²) in [5, 5.41) is 12.9. The Balaban J connectivity index is 2.07. The van der Waals surface area contributed by atoms with E-state index in [2.05, 4.69) is 5.32 Å². The van der Waals surface area contributed by atoms with Crippen LogP contribution in [0, 0.1) is 0 Å². The summed E-state index contributed by atoms with van der Waals surface area (Å²) in [4.78, 5) is 0. The van der Waals surface area contributed by atoms with E-state index in [0.29, 0.717) is 6.61 Å². The van der Waals surface area contributed by atoms with Crippen LogP contribution in [-0.2, 0) is 11.3 Å². The van der Waals surface area contributed by atoms with E-state index in [1.165, 1.54) is 0 Å². The zero-order valence-corrected chi connectivity index (χ0v) is 12.4. The fourth-order valence-corrected chi connectivity index (χ4v) is 2.14. The molecule has 2 aromatic carbocycles. The summed E-state index contributed by atoms with van der Waals surface area (Å²) in [6, 6.07) is 15.5. The molecule has 4 nitrogen and oxygen atoms in total. The summed E-state index contributed by atoms with van der Waals surface area (Å²) in [7, 11) is 3.32. The number of hydrogen-bond acceptors (Lipinski definition) is 4. The third-order valence-corrected chi connectivity index (χ3v) is 3.31. The minimum absolute atomic E-state index is 0.0235. The van der Waals surface area contributed by atoms with E-state index in [0.717, 1.165) is 22.6 Å². The Labute approximate surface area is 125 Å². The molecule has 21 heavy (non-hydrogen) atoms. The van der Waals surface area contributed by atoms with Crippen LogP contribution >= 0.6 is 0 Å². The van der Waals surface area contributed by atoms with Gasteiger partial charge in [-0.15, -0.1) is 0 Å². The van der Waals surface area contributed by atoms with Crippen molar-refractivity contribution in [3.8, 4) is 5.75 Å². The van der Waals surface area contributed by atoms with Gasteiger partial charge in [0.2, 0.25) is 0 Å². The molecule has 0 saturated carbocycles. The van der Waals surface area contributed by atoms with Crippen LogP contribution in [0.15, 0.2) is 48.5 Å². The van der Waals surface area contributed by atoms with Crippen molar-refractivity contribution in [1.82, 2.24) is 0 Å². The highest BCUT2D eigenvalue weighted by molar-refractivity contribution is 5.48. The van der Waals surface area contributed by atoms with Gasteiger partial charge in [0, 0.05) is 12.8 Å². The first kappa shape index (κ1) is 15.4. The summed E-state index contributed by atoms with van der Waals surface area (Å²) in [5.41, 5.74) is 3.09. The van der Waals surface area contributed by atoms with Crippen molar-refractivity contribution in [2.24, 2.45) is 0 Å². The summed E-state index contributed by atoms with van der Waals surface area (Å²) >= 11 is 0. The Bertz CT molecular complexity index is 537. The fraction of sp³-hybridized carbons (Fsp3) is 0.294. The Kier molecular flexibility index (Phi) is 5.60. The number of rotatable bonds is 7. The molecule has 0 aliphatic rings. The normalized spacial score (nSPS) is 12.0. The minimum Gasteiger partial charge on any atom is -0.497 e. The zero-order valence-electron chi connectivity index (χ0n) is 12.4. The van der Waals surface area contributed by atoms with E-state index in [9.17, 15) is 5.11 Å². The molecule has 112 valence electrons. The highest BCUT2D eigenvalue weighted by Gasteiger charge is 2.10. The number of hydrogen-bond donors (Lipinski definition) is 2. The molecule has 0 aliphatic carbocycles. The van der Waals surface area contributed by atoms with Crippen molar-refractivity contribution in [2.45, 2.75) is 12.6 Å². The molecular weight excluding hydrogens is 266 g/mol. The van der Waals surface area contributed by atoms with E-state index in [4.69, 9.17) is 9.47 Å². The van der Waals surface area contributed by atoms with Crippen LogP contribution in [0.2, 0.25) is 0 Å². The molecule has 0 heterocycles. The van der Waals surface area contributed by atoms with Gasteiger partial charge in [0.05, 0.1) is 26.4 Å². The molecular formula is C17H21NO3. The molecule has 2 N–H and O–H groups in total. The monoisotopic (exact) mass is 287 g/mol. The van der Waals surface area contributed by atoms with Crippen molar-refractivity contribution in [3.05, 3.63) is 59.7 Å². The lowest BCUT2D eigenvalue weighted by molar-refractivity contribution is 0.185. The number of nitrogens with one attached hydrogen (secondary N) is 1. The molecule has 4 heteroatoms. The molecule has 1 atom stereocenters. The molecule has 2 aromatic rings. The van der Waals surface area contributed by atoms with Gasteiger partial charge in [-0.1, -0.05) is 24.3 Å². The highest BCUT2D eigenvalue weighted by atomic mass is 16.5. The summed E-state index contributed by atoms with van der Waals surface area (Å²) in [5.74, 6) is 0.810. The van der Waals surface area contributed by atoms with Gasteiger partial charge in [-0.2, -0.15) is 0 Å². The lowest BCUT2D eigenvalue weighted by atomic mass is 10.1. The second kappa shape index (κ2) is 7.67. The van der Waals surface area contributed by atoms with Crippen molar-refractivity contribution in [3.63, 3.8) is 0 Å². The van der Waals surface area contributed by atoms with Crippen LogP contribution in [0.1, 0.15) is 17.2 Å². The zero-order chi connectivity index (χ0) is 15.1. The number of ether oxygens (including phenoxy) is 2. The van der Waals surface area contributed by atoms with Crippen LogP contribution < -0.4 is 10.1 Å². The van der Waals surface area contributed by atoms with Crippen molar-refractivity contribution in [2.75, 3.05) is 26.1 Å². The van der Waals surface area contributed by atoms with Crippen LogP contribution in [0.5, 0.6) is 5.75 Å². The lowest BCUT2D eigenvalue weighted by Crippen LogP contribution is -2.14. The van der Waals surface area contributed by atoms with Crippen molar-refractivity contribution < 1.29 is 14.6 Å². The van der Waals surface area contributed by atoms with Crippen molar-refractivity contribution >= 4 is 5.69 Å². The van der Waals surface area contributed by atoms with Gasteiger partial charge >= 0.3 is 0 Å². The first-order valence-corrected chi connectivity index (χ1v) is 6.86. The molecule has 1 unspecified atom stereocenters. The van der Waals surface area contributed by atoms with Crippen LogP contribution in [0.3, 0.4) is 0 Å². The molecule has 0 saturated heterocycles. The summed E-state index contributed by atoms with van der Waals surface area (Å²) < 4.78 is 10.2. The largest absolute Gasteiger partial charge is 0.497 e. The highest BCUT2D eigenvalue weighted by Crippen LogP contribution is 2.22. The van der Waals surface area contributed by atoms with Gasteiger partial charge in [-0.3, -0.25) is 0 Å². The SMILES string of the molecule is COCc1ccc(C(CO)Nc2ccc(OC)cc2)cc1. The molecule has 0 bridgehead atoms. The number of aliphatic hydroxyl groups is 1. The maximum absolute atomic E-state index is 9.60. The third-order valence-electron chi connectivity index (χ3n) is 3.31. The Morgan fingerprint density at radius 3 is 2.19 bits per heavy atom. The summed E-state index contributed by atoms with van der Waals surface area (Å²) in [6.07, 6.45) is 0. The Morgan fingerprint density at radius 2 is 1.67 bits per heavy atom. The van der Waals surface area contributed by atoms with Crippen molar-refractivity contribution in [1.29, 1.82) is 0 Å². The predicted octanol–water partition coefficient (Wildman–Crippen LogP) is 2.99. The predicted molar refractivity (Wildman–Crippen MR) is 83.6 cm³/mol. The average Bonchev–Trinajstić information content (AvgIpc) is 2.54. The van der Waals surface area contributed by atoms with Crippen LogP contribution in [0.25, 0.3) is 0 Å². The van der Waals surface area contributed by atoms with E-state index in [-0.39, 0.29) is 12.6 Å². The maximum Gasteiger partial charge on any atom is 0.119 e. The number of methoxy groups -OCH3 is 2. The van der Waals surface area contributed by atoms with Gasteiger partial charge in [0.1, 0.15) is 5.75 Å². The third kappa shape index (κ3) is 4.21. The van der Waals surface area contributed by atoms with Gasteiger partial charge in [-0.05, 0) is 35.4 Å². The smallest absolute Gasteiger partial charge is 0.119 e. The van der Waals surface area contributed by atoms with E-state index in [1.54, 1.807) is 14.2 Å². The molecule has 2 rings (SSSR count). The number of anilines is 1. The van der Waals surface area contributed by atoms with Crippen LogP contribution in [0.4, 0.5) is 5.69 Å². The van der Waals surface area contributed by atoms with Gasteiger partial charge in [0.25, 0.3) is 0 Å². The molecule has 0 fully saturated rings. The maximum atomic E-state index is 9.60. The Hall–Kier alpha value is -2.04. The minimum atomic E-state index is -0.144.